The molecule has 13 heteroatoms. The zero-order valence-electron chi connectivity index (χ0n) is 26.5. The van der Waals surface area contributed by atoms with Crippen LogP contribution in [0.2, 0.25) is 0 Å². The molecule has 0 saturated carbocycles. The van der Waals surface area contributed by atoms with Crippen LogP contribution in [0.4, 0.5) is 0 Å². The van der Waals surface area contributed by atoms with Crippen molar-refractivity contribution in [3.8, 4) is 46.0 Å². The summed E-state index contributed by atoms with van der Waals surface area (Å²) in [5.41, 5.74) is 1.55. The Morgan fingerprint density at radius 1 is 0.419 bits per heavy atom. The van der Waals surface area contributed by atoms with Gasteiger partial charge in [0.2, 0.25) is 0 Å². The second kappa shape index (κ2) is 20.5. The topological polar surface area (TPSA) is 120 Å². The molecular weight excluding hydrogens is 568 g/mol. The van der Waals surface area contributed by atoms with E-state index in [9.17, 15) is 0 Å². The molecule has 0 bridgehead atoms. The van der Waals surface area contributed by atoms with E-state index in [0.717, 1.165) is 11.1 Å². The smallest absolute Gasteiger partial charge is 0.188 e. The van der Waals surface area contributed by atoms with Gasteiger partial charge in [-0.05, 0) is 25.7 Å². The summed E-state index contributed by atoms with van der Waals surface area (Å²) in [4.78, 5) is 0. The Bertz CT molecular complexity index is 993. The highest BCUT2D eigenvalue weighted by atomic mass is 16.7. The first kappa shape index (κ1) is 35.8. The fourth-order valence-corrected chi connectivity index (χ4v) is 4.32. The molecule has 2 aromatic carbocycles. The van der Waals surface area contributed by atoms with Crippen LogP contribution in [0.25, 0.3) is 0 Å². The minimum atomic E-state index is 0.0450. The van der Waals surface area contributed by atoms with E-state index < -0.39 is 0 Å². The molecule has 0 heterocycles. The van der Waals surface area contributed by atoms with Gasteiger partial charge in [0, 0.05) is 64.9 Å². The summed E-state index contributed by atoms with van der Waals surface area (Å²) in [6.07, 6.45) is 2.50. The van der Waals surface area contributed by atoms with Crippen LogP contribution in [0.15, 0.2) is 12.1 Å². The van der Waals surface area contributed by atoms with E-state index in [0.29, 0.717) is 84.9 Å². The van der Waals surface area contributed by atoms with Gasteiger partial charge in [-0.1, -0.05) is 0 Å². The molecule has 0 aliphatic carbocycles. The van der Waals surface area contributed by atoms with E-state index in [1.165, 1.54) is 0 Å². The maximum atomic E-state index is 5.99. The monoisotopic (exact) mass is 614 g/mol. The second-order valence-electron chi connectivity index (χ2n) is 8.86. The fourth-order valence-electron chi connectivity index (χ4n) is 4.32. The predicted molar refractivity (Wildman–Crippen MR) is 157 cm³/mol. The van der Waals surface area contributed by atoms with Crippen LogP contribution >= 0.6 is 0 Å². The number of methoxy groups -OCH3 is 8. The summed E-state index contributed by atoms with van der Waals surface area (Å²) in [6.45, 7) is 1.17. The van der Waals surface area contributed by atoms with Crippen LogP contribution in [-0.4, -0.2) is 97.3 Å². The Balaban J connectivity index is 2.12. The van der Waals surface area contributed by atoms with Crippen molar-refractivity contribution in [2.45, 2.75) is 25.7 Å². The lowest BCUT2D eigenvalue weighted by Gasteiger charge is -2.21. The third-order valence-electron chi connectivity index (χ3n) is 6.10. The van der Waals surface area contributed by atoms with Gasteiger partial charge in [-0.3, -0.25) is 0 Å². The molecule has 244 valence electrons. The van der Waals surface area contributed by atoms with Crippen molar-refractivity contribution < 1.29 is 61.6 Å². The summed E-state index contributed by atoms with van der Waals surface area (Å²) in [7, 11) is 12.5. The Morgan fingerprint density at radius 3 is 1.12 bits per heavy atom. The van der Waals surface area contributed by atoms with Crippen LogP contribution < -0.4 is 37.9 Å². The van der Waals surface area contributed by atoms with Gasteiger partial charge >= 0.3 is 0 Å². The average molecular weight is 615 g/mol. The van der Waals surface area contributed by atoms with E-state index in [1.807, 2.05) is 0 Å². The molecule has 0 unspecified atom stereocenters. The molecule has 0 fully saturated rings. The Morgan fingerprint density at radius 2 is 0.791 bits per heavy atom. The number of hydrogen-bond acceptors (Lipinski definition) is 13. The molecule has 0 amide bonds. The third-order valence-corrected chi connectivity index (χ3v) is 6.10. The van der Waals surface area contributed by atoms with Gasteiger partial charge < -0.3 is 61.6 Å². The molecule has 2 aromatic rings. The van der Waals surface area contributed by atoms with Crippen molar-refractivity contribution >= 4 is 0 Å². The van der Waals surface area contributed by atoms with Gasteiger partial charge in [0.05, 0.1) is 28.4 Å². The Hall–Kier alpha value is -3.36. The van der Waals surface area contributed by atoms with Crippen molar-refractivity contribution in [3.05, 3.63) is 23.3 Å². The van der Waals surface area contributed by atoms with Gasteiger partial charge in [0.1, 0.15) is 0 Å². The molecular formula is C30H46O13. The molecule has 2 rings (SSSR count). The molecule has 0 saturated heterocycles. The van der Waals surface area contributed by atoms with E-state index in [4.69, 9.17) is 61.6 Å². The number of hydrogen-bond donors (Lipinski definition) is 0. The molecule has 13 nitrogen and oxygen atoms in total. The molecule has 0 N–H and O–H groups in total. The summed E-state index contributed by atoms with van der Waals surface area (Å²) in [5.74, 6) is 4.05. The maximum Gasteiger partial charge on any atom is 0.188 e. The zero-order chi connectivity index (χ0) is 31.5. The predicted octanol–water partition coefficient (Wildman–Crippen LogP) is 4.23. The third kappa shape index (κ3) is 10.4. The molecule has 0 radical (unpaired) electrons. The maximum absolute atomic E-state index is 5.99. The lowest BCUT2D eigenvalue weighted by Crippen LogP contribution is -2.10. The van der Waals surface area contributed by atoms with Crippen molar-refractivity contribution in [1.82, 2.24) is 0 Å². The van der Waals surface area contributed by atoms with Gasteiger partial charge in [0.15, 0.2) is 73.2 Å². The zero-order valence-corrected chi connectivity index (χ0v) is 26.5. The first-order valence-corrected chi connectivity index (χ1v) is 13.6. The molecule has 43 heavy (non-hydrogen) atoms. The van der Waals surface area contributed by atoms with Crippen LogP contribution in [-0.2, 0) is 36.5 Å². The summed E-state index contributed by atoms with van der Waals surface area (Å²) in [5, 5.41) is 0. The first-order chi connectivity index (χ1) is 21.0. The van der Waals surface area contributed by atoms with Gasteiger partial charge in [-0.2, -0.15) is 0 Å². The molecule has 0 spiro atoms. The average Bonchev–Trinajstić information content (AvgIpc) is 3.03. The molecule has 0 aromatic heterocycles. The summed E-state index contributed by atoms with van der Waals surface area (Å²) in [6, 6.07) is 3.40. The van der Waals surface area contributed by atoms with Crippen molar-refractivity contribution in [2.24, 2.45) is 0 Å². The van der Waals surface area contributed by atoms with Gasteiger partial charge in [-0.25, -0.2) is 0 Å². The van der Waals surface area contributed by atoms with E-state index in [1.54, 1.807) is 69.0 Å². The summed E-state index contributed by atoms with van der Waals surface area (Å²) < 4.78 is 72.0. The largest absolute Gasteiger partial charge is 0.493 e. The lowest BCUT2D eigenvalue weighted by atomic mass is 10.1. The Kier molecular flexibility index (Phi) is 17.1. The second-order valence-corrected chi connectivity index (χ2v) is 8.86. The minimum absolute atomic E-state index is 0.0450. The fraction of sp³-hybridized carbons (Fsp3) is 0.600. The van der Waals surface area contributed by atoms with E-state index in [2.05, 4.69) is 0 Å². The molecule has 0 aliphatic rings. The highest BCUT2D eigenvalue weighted by molar-refractivity contribution is 5.62. The van der Waals surface area contributed by atoms with E-state index in [-0.39, 0.29) is 27.2 Å². The molecule has 0 aliphatic heterocycles. The van der Waals surface area contributed by atoms with Crippen molar-refractivity contribution in [3.63, 3.8) is 0 Å². The van der Waals surface area contributed by atoms with Gasteiger partial charge in [-0.15, -0.1) is 0 Å². The van der Waals surface area contributed by atoms with Crippen LogP contribution in [0, 0.1) is 0 Å². The van der Waals surface area contributed by atoms with Crippen molar-refractivity contribution in [1.29, 1.82) is 0 Å². The minimum Gasteiger partial charge on any atom is -0.493 e. The quantitative estimate of drug-likeness (QED) is 0.124. The highest BCUT2D eigenvalue weighted by Crippen LogP contribution is 2.46. The van der Waals surface area contributed by atoms with E-state index >= 15 is 0 Å². The summed E-state index contributed by atoms with van der Waals surface area (Å²) >= 11 is 0. The SMILES string of the molecule is COCOc1cc(OC)c(OCOC)c(CCCOCCCc2c(OC)c(OCOC)cc(OC)c2OCOC)c1OC. The lowest BCUT2D eigenvalue weighted by molar-refractivity contribution is 0.0442. The first-order valence-electron chi connectivity index (χ1n) is 13.6. The van der Waals surface area contributed by atoms with Crippen molar-refractivity contribution in [2.75, 3.05) is 97.3 Å². The van der Waals surface area contributed by atoms with Crippen LogP contribution in [0.1, 0.15) is 24.0 Å². The number of benzene rings is 2. The molecule has 0 atom stereocenters. The standard InChI is InChI=1S/C30H46O13/c1-31-17-40-25-15-23(35-5)29(42-19-33-3)21(27(25)37-7)11-9-13-39-14-10-12-22-28(38-8)26(41-18-32-2)16-24(36-6)30(22)43-20-34-4/h15-16H,9-14,17-20H2,1-8H3. The highest BCUT2D eigenvalue weighted by Gasteiger charge is 2.24. The van der Waals surface area contributed by atoms with Crippen LogP contribution in [0.3, 0.4) is 0 Å². The van der Waals surface area contributed by atoms with Crippen LogP contribution in [0.5, 0.6) is 46.0 Å². The number of ether oxygens (including phenoxy) is 13. The van der Waals surface area contributed by atoms with Gasteiger partial charge in [0.25, 0.3) is 0 Å². The Labute approximate surface area is 254 Å². The normalized spacial score (nSPS) is 10.8. The number of rotatable bonds is 24.